The molecule has 0 spiro atoms. The number of phosphoric ester groups is 1. The summed E-state index contributed by atoms with van der Waals surface area (Å²) < 4.78 is 52.0. The Balaban J connectivity index is 1.68. The summed E-state index contributed by atoms with van der Waals surface area (Å²) in [5, 5.41) is 3.14. The summed E-state index contributed by atoms with van der Waals surface area (Å²) in [6, 6.07) is 0. The Morgan fingerprint density at radius 1 is 1.50 bits per heavy atom. The SMILES string of the molecule is CCCNc1nc(N)nc2c1ncn2[C@@H]1O[C@@H]2COP(=O)(OC(C)C)O[C@H]2[C@@]1(C)F. The van der Waals surface area contributed by atoms with Crippen molar-refractivity contribution in [3.8, 4) is 0 Å². The van der Waals surface area contributed by atoms with Crippen molar-refractivity contribution in [2.45, 2.75) is 64.3 Å². The van der Waals surface area contributed by atoms with E-state index in [1.165, 1.54) is 17.8 Å². The first-order chi connectivity index (χ1) is 14.1. The number of imidazole rings is 1. The summed E-state index contributed by atoms with van der Waals surface area (Å²) in [5.74, 6) is 0.483. The number of alkyl halides is 1. The van der Waals surface area contributed by atoms with Gasteiger partial charge in [0.25, 0.3) is 0 Å². The molecule has 0 radical (unpaired) electrons. The minimum Gasteiger partial charge on any atom is -0.368 e. The highest BCUT2D eigenvalue weighted by Crippen LogP contribution is 2.60. The van der Waals surface area contributed by atoms with E-state index in [9.17, 15) is 4.57 Å². The van der Waals surface area contributed by atoms with Gasteiger partial charge in [0.05, 0.1) is 19.0 Å². The first-order valence-corrected chi connectivity index (χ1v) is 11.3. The molecule has 0 bridgehead atoms. The Morgan fingerprint density at radius 2 is 2.27 bits per heavy atom. The second-order valence-electron chi connectivity index (χ2n) is 7.78. The monoisotopic (exact) mass is 444 g/mol. The lowest BCUT2D eigenvalue weighted by molar-refractivity contribution is -0.0733. The number of hydrogen-bond donors (Lipinski definition) is 2. The molecule has 166 valence electrons. The smallest absolute Gasteiger partial charge is 0.368 e. The molecule has 2 fully saturated rings. The van der Waals surface area contributed by atoms with Crippen LogP contribution in [0.3, 0.4) is 0 Å². The molecular formula is C17H26FN6O5P. The van der Waals surface area contributed by atoms with Gasteiger partial charge in [-0.15, -0.1) is 0 Å². The number of ether oxygens (including phenoxy) is 1. The molecule has 0 amide bonds. The molecule has 30 heavy (non-hydrogen) atoms. The van der Waals surface area contributed by atoms with E-state index in [0.717, 1.165) is 6.42 Å². The Kier molecular flexibility index (Phi) is 5.48. The topological polar surface area (TPSA) is 136 Å². The second-order valence-corrected chi connectivity index (χ2v) is 9.36. The lowest BCUT2D eigenvalue weighted by Crippen LogP contribution is -2.45. The number of nitrogens with zero attached hydrogens (tertiary/aromatic N) is 4. The van der Waals surface area contributed by atoms with Crippen molar-refractivity contribution in [1.82, 2.24) is 19.5 Å². The number of aromatic nitrogens is 4. The van der Waals surface area contributed by atoms with Gasteiger partial charge in [0, 0.05) is 6.54 Å². The maximum absolute atomic E-state index is 16.0. The summed E-state index contributed by atoms with van der Waals surface area (Å²) in [6.45, 7) is 7.25. The summed E-state index contributed by atoms with van der Waals surface area (Å²) in [5.41, 5.74) is 4.54. The Hall–Kier alpha value is -1.85. The van der Waals surface area contributed by atoms with Crippen LogP contribution < -0.4 is 11.1 Å². The van der Waals surface area contributed by atoms with Crippen LogP contribution in [0.15, 0.2) is 6.33 Å². The Morgan fingerprint density at radius 3 is 2.97 bits per heavy atom. The molecule has 0 aliphatic carbocycles. The predicted molar refractivity (Wildman–Crippen MR) is 107 cm³/mol. The number of nitrogens with two attached hydrogens (primary N) is 1. The maximum atomic E-state index is 16.0. The number of rotatable bonds is 6. The fourth-order valence-electron chi connectivity index (χ4n) is 3.63. The second kappa shape index (κ2) is 7.69. The zero-order valence-electron chi connectivity index (χ0n) is 17.2. The first-order valence-electron chi connectivity index (χ1n) is 9.84. The van der Waals surface area contributed by atoms with Crippen LogP contribution in [0.25, 0.3) is 11.2 Å². The van der Waals surface area contributed by atoms with Gasteiger partial charge in [-0.25, -0.2) is 13.9 Å². The highest BCUT2D eigenvalue weighted by Gasteiger charge is 2.61. The molecule has 0 saturated carbocycles. The van der Waals surface area contributed by atoms with Crippen molar-refractivity contribution < 1.29 is 27.3 Å². The molecule has 4 rings (SSSR count). The zero-order valence-corrected chi connectivity index (χ0v) is 18.1. The highest BCUT2D eigenvalue weighted by atomic mass is 31.2. The molecule has 2 aliphatic rings. The van der Waals surface area contributed by atoms with Gasteiger partial charge >= 0.3 is 7.82 Å². The number of phosphoric acid groups is 1. The van der Waals surface area contributed by atoms with Crippen LogP contribution in [-0.2, 0) is 22.9 Å². The number of nitrogen functional groups attached to an aromatic ring is 1. The molecule has 0 aromatic carbocycles. The van der Waals surface area contributed by atoms with Crippen LogP contribution >= 0.6 is 7.82 Å². The summed E-state index contributed by atoms with van der Waals surface area (Å²) in [6.07, 6.45) is -1.21. The van der Waals surface area contributed by atoms with Gasteiger partial charge in [-0.1, -0.05) is 6.92 Å². The van der Waals surface area contributed by atoms with Crippen LogP contribution in [0, 0.1) is 0 Å². The van der Waals surface area contributed by atoms with E-state index >= 15 is 4.39 Å². The van der Waals surface area contributed by atoms with Gasteiger partial charge in [-0.2, -0.15) is 9.97 Å². The number of anilines is 2. The first kappa shape index (κ1) is 21.4. The standard InChI is InChI=1S/C17H26FN6O5P/c1-5-6-20-13-11-14(23-16(19)22-13)24(8-21-11)15-17(4,18)12-10(27-15)7-26-30(25,29-12)28-9(2)3/h8-10,12,15H,5-7H2,1-4H3,(H3,19,20,22,23)/t10-,12-,15-,17-,30?/m1/s1. The predicted octanol–water partition coefficient (Wildman–Crippen LogP) is 2.80. The Bertz CT molecular complexity index is 985. The molecule has 4 heterocycles. The fraction of sp³-hybridized carbons (Fsp3) is 0.706. The average molecular weight is 444 g/mol. The molecule has 11 nitrogen and oxygen atoms in total. The maximum Gasteiger partial charge on any atom is 0.475 e. The Labute approximate surface area is 173 Å². The lowest BCUT2D eigenvalue weighted by Gasteiger charge is -2.34. The van der Waals surface area contributed by atoms with E-state index < -0.39 is 38.0 Å². The van der Waals surface area contributed by atoms with Crippen molar-refractivity contribution in [1.29, 1.82) is 0 Å². The number of fused-ring (bicyclic) bond motifs is 2. The van der Waals surface area contributed by atoms with Gasteiger partial charge in [-0.3, -0.25) is 18.1 Å². The van der Waals surface area contributed by atoms with Crippen LogP contribution in [0.2, 0.25) is 0 Å². The molecular weight excluding hydrogens is 418 g/mol. The van der Waals surface area contributed by atoms with Crippen LogP contribution in [0.5, 0.6) is 0 Å². The minimum absolute atomic E-state index is 0.0215. The minimum atomic E-state index is -3.90. The van der Waals surface area contributed by atoms with Crippen molar-refractivity contribution in [3.63, 3.8) is 0 Å². The van der Waals surface area contributed by atoms with E-state index in [-0.39, 0.29) is 12.6 Å². The van der Waals surface area contributed by atoms with E-state index in [2.05, 4.69) is 20.3 Å². The summed E-state index contributed by atoms with van der Waals surface area (Å²) in [7, 11) is -3.90. The molecule has 1 unspecified atom stereocenters. The van der Waals surface area contributed by atoms with Crippen LogP contribution in [-0.4, -0.2) is 56.7 Å². The third kappa shape index (κ3) is 3.67. The zero-order chi connectivity index (χ0) is 21.7. The number of hydrogen-bond acceptors (Lipinski definition) is 10. The van der Waals surface area contributed by atoms with Crippen LogP contribution in [0.1, 0.15) is 40.3 Å². The molecule has 3 N–H and O–H groups in total. The van der Waals surface area contributed by atoms with Crippen molar-refractivity contribution in [2.24, 2.45) is 0 Å². The molecule has 2 aromatic heterocycles. The van der Waals surface area contributed by atoms with Crippen molar-refractivity contribution in [2.75, 3.05) is 24.2 Å². The quantitative estimate of drug-likeness (QED) is 0.640. The van der Waals surface area contributed by atoms with Gasteiger partial charge in [0.15, 0.2) is 28.9 Å². The van der Waals surface area contributed by atoms with E-state index in [1.54, 1.807) is 13.8 Å². The van der Waals surface area contributed by atoms with E-state index in [4.69, 9.17) is 24.0 Å². The molecule has 2 aromatic rings. The van der Waals surface area contributed by atoms with Crippen molar-refractivity contribution in [3.05, 3.63) is 6.33 Å². The fourth-order valence-corrected chi connectivity index (χ4v) is 5.27. The van der Waals surface area contributed by atoms with Crippen molar-refractivity contribution >= 4 is 30.8 Å². The third-order valence-electron chi connectivity index (χ3n) is 4.89. The number of nitrogens with one attached hydrogen (secondary N) is 1. The highest BCUT2D eigenvalue weighted by molar-refractivity contribution is 7.48. The lowest BCUT2D eigenvalue weighted by atomic mass is 9.98. The molecule has 2 saturated heterocycles. The molecule has 13 heteroatoms. The number of halogens is 1. The van der Waals surface area contributed by atoms with Gasteiger partial charge in [0.2, 0.25) is 5.95 Å². The third-order valence-corrected chi connectivity index (χ3v) is 6.52. The van der Waals surface area contributed by atoms with Gasteiger partial charge < -0.3 is 15.8 Å². The summed E-state index contributed by atoms with van der Waals surface area (Å²) in [4.78, 5) is 12.7. The molecule has 2 aliphatic heterocycles. The van der Waals surface area contributed by atoms with Gasteiger partial charge in [-0.05, 0) is 27.2 Å². The normalized spacial score (nSPS) is 33.9. The molecule has 5 atom stereocenters. The average Bonchev–Trinajstić information content (AvgIpc) is 3.17. The van der Waals surface area contributed by atoms with Crippen LogP contribution in [0.4, 0.5) is 16.2 Å². The summed E-state index contributed by atoms with van der Waals surface area (Å²) >= 11 is 0. The largest absolute Gasteiger partial charge is 0.475 e. The van der Waals surface area contributed by atoms with Gasteiger partial charge in [0.1, 0.15) is 12.2 Å². The van der Waals surface area contributed by atoms with E-state index in [1.807, 2.05) is 6.92 Å². The van der Waals surface area contributed by atoms with E-state index in [0.29, 0.717) is 23.5 Å².